The smallest absolute Gasteiger partial charge is 0.320 e. The normalized spacial score (nSPS) is 22.6. The van der Waals surface area contributed by atoms with Gasteiger partial charge >= 0.3 is 11.9 Å². The molecule has 0 aromatic rings. The number of methoxy groups -OCH3 is 2. The highest BCUT2D eigenvalue weighted by atomic mass is 16.5. The highest BCUT2D eigenvalue weighted by Crippen LogP contribution is 2.35. The first-order valence-electron chi connectivity index (χ1n) is 5.96. The second-order valence-corrected chi connectivity index (χ2v) is 4.24. The van der Waals surface area contributed by atoms with Crippen LogP contribution in [-0.4, -0.2) is 26.2 Å². The van der Waals surface area contributed by atoms with Crippen molar-refractivity contribution < 1.29 is 19.1 Å². The molecule has 96 valence electrons. The fourth-order valence-electron chi connectivity index (χ4n) is 2.48. The van der Waals surface area contributed by atoms with Crippen LogP contribution < -0.4 is 0 Å². The molecule has 0 N–H and O–H groups in total. The summed E-state index contributed by atoms with van der Waals surface area (Å²) in [5.41, 5.74) is 1.16. The van der Waals surface area contributed by atoms with Gasteiger partial charge in [0.15, 0.2) is 5.92 Å². The molecule has 1 fully saturated rings. The average Bonchev–Trinajstić information content (AvgIpc) is 2.39. The van der Waals surface area contributed by atoms with Crippen molar-refractivity contribution in [2.75, 3.05) is 14.2 Å². The van der Waals surface area contributed by atoms with Crippen LogP contribution in [0.25, 0.3) is 0 Å². The molecule has 1 rings (SSSR count). The van der Waals surface area contributed by atoms with Crippen molar-refractivity contribution in [3.8, 4) is 0 Å². The van der Waals surface area contributed by atoms with E-state index >= 15 is 0 Å². The van der Waals surface area contributed by atoms with Crippen LogP contribution in [0.3, 0.4) is 0 Å². The molecule has 0 aromatic heterocycles. The van der Waals surface area contributed by atoms with Gasteiger partial charge in [0.1, 0.15) is 0 Å². The first kappa shape index (κ1) is 13.7. The van der Waals surface area contributed by atoms with E-state index in [1.54, 1.807) is 0 Å². The monoisotopic (exact) mass is 240 g/mol. The Kier molecular flexibility index (Phi) is 5.19. The zero-order valence-electron chi connectivity index (χ0n) is 10.7. The van der Waals surface area contributed by atoms with E-state index in [4.69, 9.17) is 9.47 Å². The summed E-state index contributed by atoms with van der Waals surface area (Å²) in [6.45, 7) is 1.94. The molecule has 1 saturated carbocycles. The van der Waals surface area contributed by atoms with Gasteiger partial charge in [-0.2, -0.15) is 0 Å². The summed E-state index contributed by atoms with van der Waals surface area (Å²) >= 11 is 0. The maximum Gasteiger partial charge on any atom is 0.320 e. The Morgan fingerprint density at radius 2 is 1.82 bits per heavy atom. The summed E-state index contributed by atoms with van der Waals surface area (Å²) in [4.78, 5) is 23.4. The van der Waals surface area contributed by atoms with E-state index in [9.17, 15) is 9.59 Å². The molecule has 17 heavy (non-hydrogen) atoms. The van der Waals surface area contributed by atoms with Gasteiger partial charge in [0, 0.05) is 5.92 Å². The van der Waals surface area contributed by atoms with Crippen molar-refractivity contribution in [3.63, 3.8) is 0 Å². The van der Waals surface area contributed by atoms with E-state index < -0.39 is 17.9 Å². The molecule has 0 heterocycles. The summed E-state index contributed by atoms with van der Waals surface area (Å²) in [6.07, 6.45) is 5.95. The maximum atomic E-state index is 11.7. The number of carbonyl (C=O) groups is 2. The topological polar surface area (TPSA) is 52.6 Å². The van der Waals surface area contributed by atoms with Gasteiger partial charge in [-0.25, -0.2) is 0 Å². The van der Waals surface area contributed by atoms with E-state index in [1.165, 1.54) is 14.2 Å². The number of hydrogen-bond acceptors (Lipinski definition) is 4. The van der Waals surface area contributed by atoms with E-state index in [0.717, 1.165) is 31.3 Å². The fraction of sp³-hybridized carbons (Fsp3) is 0.692. The van der Waals surface area contributed by atoms with Crippen LogP contribution in [0, 0.1) is 11.8 Å². The number of hydrogen-bond donors (Lipinski definition) is 0. The van der Waals surface area contributed by atoms with Crippen LogP contribution in [-0.2, 0) is 19.1 Å². The molecule has 0 aliphatic heterocycles. The molecular formula is C13H20O4. The number of carbonyl (C=O) groups excluding carboxylic acids is 2. The number of rotatable bonds is 3. The lowest BCUT2D eigenvalue weighted by Gasteiger charge is -2.29. The van der Waals surface area contributed by atoms with Gasteiger partial charge in [-0.05, 0) is 26.2 Å². The van der Waals surface area contributed by atoms with Crippen molar-refractivity contribution in [1.29, 1.82) is 0 Å². The number of allylic oxidation sites excluding steroid dienone is 2. The predicted octanol–water partition coefficient (Wildman–Crippen LogP) is 2.09. The summed E-state index contributed by atoms with van der Waals surface area (Å²) in [6, 6.07) is 0. The van der Waals surface area contributed by atoms with Gasteiger partial charge in [-0.1, -0.05) is 18.1 Å². The van der Waals surface area contributed by atoms with Crippen LogP contribution in [0.1, 0.15) is 32.6 Å². The van der Waals surface area contributed by atoms with Crippen molar-refractivity contribution in [3.05, 3.63) is 11.6 Å². The Balaban J connectivity index is 2.95. The zero-order chi connectivity index (χ0) is 12.8. The van der Waals surface area contributed by atoms with Gasteiger partial charge in [-0.3, -0.25) is 9.59 Å². The quantitative estimate of drug-likeness (QED) is 0.430. The summed E-state index contributed by atoms with van der Waals surface area (Å²) < 4.78 is 9.43. The molecule has 0 saturated heterocycles. The molecule has 0 aromatic carbocycles. The van der Waals surface area contributed by atoms with Crippen molar-refractivity contribution in [2.45, 2.75) is 32.6 Å². The second-order valence-electron chi connectivity index (χ2n) is 4.24. The van der Waals surface area contributed by atoms with Gasteiger partial charge in [0.2, 0.25) is 0 Å². The molecule has 0 amide bonds. The van der Waals surface area contributed by atoms with Crippen LogP contribution in [0.4, 0.5) is 0 Å². The predicted molar refractivity (Wildman–Crippen MR) is 63.2 cm³/mol. The molecule has 0 radical (unpaired) electrons. The fourth-order valence-corrected chi connectivity index (χ4v) is 2.48. The minimum atomic E-state index is -0.809. The van der Waals surface area contributed by atoms with Crippen LogP contribution in [0.15, 0.2) is 11.6 Å². The largest absolute Gasteiger partial charge is 0.468 e. The summed E-state index contributed by atoms with van der Waals surface area (Å²) in [5.74, 6) is -1.86. The first-order valence-corrected chi connectivity index (χ1v) is 5.96. The number of ether oxygens (including phenoxy) is 2. The second kappa shape index (κ2) is 6.42. The minimum Gasteiger partial charge on any atom is -0.468 e. The molecule has 1 aliphatic rings. The zero-order valence-corrected chi connectivity index (χ0v) is 10.7. The highest BCUT2D eigenvalue weighted by molar-refractivity contribution is 5.95. The third-order valence-electron chi connectivity index (χ3n) is 3.39. The minimum absolute atomic E-state index is 0.0614. The standard InChI is InChI=1S/C13H20O4/c1-4-9-7-5-6-8-10(9)11(12(14)16-2)13(15)17-3/h4,10-11H,5-8H2,1-3H3/b9-4+. The van der Waals surface area contributed by atoms with Gasteiger partial charge in [-0.15, -0.1) is 0 Å². The number of esters is 2. The molecule has 4 nitrogen and oxygen atoms in total. The van der Waals surface area contributed by atoms with Gasteiger partial charge < -0.3 is 9.47 Å². The van der Waals surface area contributed by atoms with Crippen molar-refractivity contribution in [1.82, 2.24) is 0 Å². The maximum absolute atomic E-state index is 11.7. The third-order valence-corrected chi connectivity index (χ3v) is 3.39. The summed E-state index contributed by atoms with van der Waals surface area (Å²) in [7, 11) is 2.60. The molecule has 1 aliphatic carbocycles. The molecule has 4 heteroatoms. The Morgan fingerprint density at radius 3 is 2.29 bits per heavy atom. The van der Waals surface area contributed by atoms with E-state index in [1.807, 2.05) is 13.0 Å². The lowest BCUT2D eigenvalue weighted by molar-refractivity contribution is -0.161. The molecule has 0 bridgehead atoms. The Morgan fingerprint density at radius 1 is 1.24 bits per heavy atom. The van der Waals surface area contributed by atoms with Crippen molar-refractivity contribution in [2.24, 2.45) is 11.8 Å². The van der Waals surface area contributed by atoms with Crippen LogP contribution in [0.2, 0.25) is 0 Å². The van der Waals surface area contributed by atoms with E-state index in [2.05, 4.69) is 0 Å². The van der Waals surface area contributed by atoms with Crippen molar-refractivity contribution >= 4 is 11.9 Å². The summed E-state index contributed by atoms with van der Waals surface area (Å²) in [5, 5.41) is 0. The van der Waals surface area contributed by atoms with Crippen LogP contribution >= 0.6 is 0 Å². The van der Waals surface area contributed by atoms with Crippen LogP contribution in [0.5, 0.6) is 0 Å². The lowest BCUT2D eigenvalue weighted by atomic mass is 9.76. The van der Waals surface area contributed by atoms with E-state index in [0.29, 0.717) is 0 Å². The SMILES string of the molecule is C/C=C1\CCCCC1C(C(=O)OC)C(=O)OC. The Hall–Kier alpha value is -1.32. The lowest BCUT2D eigenvalue weighted by Crippen LogP contribution is -2.35. The molecule has 1 atom stereocenters. The van der Waals surface area contributed by atoms with Gasteiger partial charge in [0.05, 0.1) is 14.2 Å². The molecular weight excluding hydrogens is 220 g/mol. The Bertz CT molecular complexity index is 303. The third kappa shape index (κ3) is 3.08. The average molecular weight is 240 g/mol. The van der Waals surface area contributed by atoms with Gasteiger partial charge in [0.25, 0.3) is 0 Å². The van der Waals surface area contributed by atoms with E-state index in [-0.39, 0.29) is 5.92 Å². The Labute approximate surface area is 102 Å². The first-order chi connectivity index (χ1) is 8.15. The molecule has 0 spiro atoms. The highest BCUT2D eigenvalue weighted by Gasteiger charge is 2.39. The molecule has 1 unspecified atom stereocenters.